The van der Waals surface area contributed by atoms with Gasteiger partial charge in [0.2, 0.25) is 0 Å². The monoisotopic (exact) mass is 294 g/mol. The van der Waals surface area contributed by atoms with E-state index in [0.29, 0.717) is 19.4 Å². The van der Waals surface area contributed by atoms with E-state index in [1.165, 1.54) is 11.3 Å². The number of carbonyl (C=O) groups excluding carboxylic acids is 1. The van der Waals surface area contributed by atoms with Crippen LogP contribution in [0.4, 0.5) is 5.13 Å². The summed E-state index contributed by atoms with van der Waals surface area (Å²) in [5.41, 5.74) is 1.98. The van der Waals surface area contributed by atoms with Gasteiger partial charge in [0.25, 0.3) is 0 Å². The third-order valence-electron chi connectivity index (χ3n) is 2.80. The molecule has 0 aliphatic rings. The maximum absolute atomic E-state index is 11.3. The summed E-state index contributed by atoms with van der Waals surface area (Å²) in [4.78, 5) is 15.7. The Bertz CT molecular complexity index is 538. The second kappa shape index (κ2) is 7.04. The van der Waals surface area contributed by atoms with Crippen molar-refractivity contribution in [1.82, 2.24) is 15.2 Å². The zero-order valence-corrected chi connectivity index (χ0v) is 12.4. The molecular formula is C13H18N4O2S. The van der Waals surface area contributed by atoms with Crippen LogP contribution in [-0.4, -0.2) is 27.8 Å². The minimum absolute atomic E-state index is 0.137. The standard InChI is InChI=1S/C13H18N4O2S/c1-3-19-12(18)5-4-11-8-20-13(17-11)16-9(2)10-6-14-15-7-10/h6-9H,3-5H2,1-2H3,(H,14,15)(H,16,17). The number of aromatic nitrogens is 3. The molecule has 7 heteroatoms. The summed E-state index contributed by atoms with van der Waals surface area (Å²) in [5.74, 6) is -0.179. The van der Waals surface area contributed by atoms with E-state index in [2.05, 4.69) is 20.5 Å². The molecule has 0 amide bonds. The number of hydrogen-bond acceptors (Lipinski definition) is 6. The van der Waals surface area contributed by atoms with Gasteiger partial charge in [-0.05, 0) is 13.8 Å². The van der Waals surface area contributed by atoms with Gasteiger partial charge < -0.3 is 10.1 Å². The van der Waals surface area contributed by atoms with Crippen LogP contribution in [0.2, 0.25) is 0 Å². The van der Waals surface area contributed by atoms with E-state index < -0.39 is 0 Å². The molecule has 0 aliphatic heterocycles. The molecule has 2 aromatic rings. The SMILES string of the molecule is CCOC(=O)CCc1csc(NC(C)c2cn[nH]c2)n1. The number of thiazole rings is 1. The highest BCUT2D eigenvalue weighted by atomic mass is 32.1. The normalized spacial score (nSPS) is 12.1. The summed E-state index contributed by atoms with van der Waals surface area (Å²) in [7, 11) is 0. The van der Waals surface area contributed by atoms with Crippen molar-refractivity contribution in [2.45, 2.75) is 32.7 Å². The number of esters is 1. The van der Waals surface area contributed by atoms with E-state index in [1.807, 2.05) is 18.5 Å². The predicted molar refractivity (Wildman–Crippen MR) is 77.7 cm³/mol. The van der Waals surface area contributed by atoms with Crippen molar-refractivity contribution in [3.05, 3.63) is 29.0 Å². The maximum atomic E-state index is 11.3. The lowest BCUT2D eigenvalue weighted by molar-refractivity contribution is -0.143. The minimum Gasteiger partial charge on any atom is -0.466 e. The highest BCUT2D eigenvalue weighted by Gasteiger charge is 2.10. The quantitative estimate of drug-likeness (QED) is 0.767. The first-order valence-electron chi connectivity index (χ1n) is 6.54. The number of ether oxygens (including phenoxy) is 1. The van der Waals surface area contributed by atoms with Crippen LogP contribution in [0.3, 0.4) is 0 Å². The molecule has 6 nitrogen and oxygen atoms in total. The summed E-state index contributed by atoms with van der Waals surface area (Å²) >= 11 is 1.54. The maximum Gasteiger partial charge on any atom is 0.306 e. The molecule has 0 aromatic carbocycles. The number of H-pyrrole nitrogens is 1. The summed E-state index contributed by atoms with van der Waals surface area (Å²) in [6, 6.07) is 0.137. The number of nitrogens with one attached hydrogen (secondary N) is 2. The zero-order chi connectivity index (χ0) is 14.4. The molecule has 0 saturated heterocycles. The van der Waals surface area contributed by atoms with Gasteiger partial charge in [-0.3, -0.25) is 9.89 Å². The number of aromatic amines is 1. The third kappa shape index (κ3) is 4.06. The number of nitrogens with zero attached hydrogens (tertiary/aromatic N) is 2. The first kappa shape index (κ1) is 14.5. The molecule has 0 radical (unpaired) electrons. The molecule has 0 spiro atoms. The highest BCUT2D eigenvalue weighted by molar-refractivity contribution is 7.13. The van der Waals surface area contributed by atoms with Gasteiger partial charge in [-0.2, -0.15) is 5.10 Å². The Morgan fingerprint density at radius 1 is 1.60 bits per heavy atom. The van der Waals surface area contributed by atoms with Gasteiger partial charge in [0.15, 0.2) is 5.13 Å². The Labute approximate surface area is 121 Å². The fourth-order valence-electron chi connectivity index (χ4n) is 1.72. The Morgan fingerprint density at radius 3 is 3.15 bits per heavy atom. The highest BCUT2D eigenvalue weighted by Crippen LogP contribution is 2.22. The van der Waals surface area contributed by atoms with Crippen molar-refractivity contribution < 1.29 is 9.53 Å². The lowest BCUT2D eigenvalue weighted by atomic mass is 10.2. The van der Waals surface area contributed by atoms with Crippen LogP contribution in [0.5, 0.6) is 0 Å². The Morgan fingerprint density at radius 2 is 2.45 bits per heavy atom. The number of anilines is 1. The smallest absolute Gasteiger partial charge is 0.306 e. The molecule has 108 valence electrons. The van der Waals surface area contributed by atoms with E-state index in [4.69, 9.17) is 4.74 Å². The van der Waals surface area contributed by atoms with E-state index in [9.17, 15) is 4.79 Å². The van der Waals surface area contributed by atoms with Crippen molar-refractivity contribution in [3.8, 4) is 0 Å². The number of rotatable bonds is 7. The molecule has 2 heterocycles. The van der Waals surface area contributed by atoms with Crippen molar-refractivity contribution >= 4 is 22.4 Å². The zero-order valence-electron chi connectivity index (χ0n) is 11.5. The van der Waals surface area contributed by atoms with Crippen LogP contribution in [0.1, 0.15) is 37.6 Å². The van der Waals surface area contributed by atoms with Gasteiger partial charge >= 0.3 is 5.97 Å². The first-order chi connectivity index (χ1) is 9.69. The first-order valence-corrected chi connectivity index (χ1v) is 7.42. The molecule has 0 fully saturated rings. The molecule has 2 aromatic heterocycles. The molecule has 0 saturated carbocycles. The third-order valence-corrected chi connectivity index (χ3v) is 3.62. The largest absolute Gasteiger partial charge is 0.466 e. The minimum atomic E-state index is -0.179. The molecule has 0 aliphatic carbocycles. The number of carbonyl (C=O) groups is 1. The topological polar surface area (TPSA) is 79.9 Å². The summed E-state index contributed by atoms with van der Waals surface area (Å²) in [6.45, 7) is 4.27. The average molecular weight is 294 g/mol. The van der Waals surface area contributed by atoms with Gasteiger partial charge in [0.05, 0.1) is 31.0 Å². The predicted octanol–water partition coefficient (Wildman–Crippen LogP) is 2.54. The van der Waals surface area contributed by atoms with Gasteiger partial charge in [-0.15, -0.1) is 11.3 Å². The second-order valence-electron chi connectivity index (χ2n) is 4.35. The van der Waals surface area contributed by atoms with Gasteiger partial charge in [-0.25, -0.2) is 4.98 Å². The van der Waals surface area contributed by atoms with Crippen LogP contribution in [-0.2, 0) is 16.0 Å². The van der Waals surface area contributed by atoms with Gasteiger partial charge in [0, 0.05) is 23.6 Å². The fourth-order valence-corrected chi connectivity index (χ4v) is 2.55. The second-order valence-corrected chi connectivity index (χ2v) is 5.20. The Kier molecular flexibility index (Phi) is 5.11. The lowest BCUT2D eigenvalue weighted by Crippen LogP contribution is -2.06. The molecule has 1 atom stereocenters. The number of aryl methyl sites for hydroxylation is 1. The van der Waals surface area contributed by atoms with Crippen LogP contribution in [0.25, 0.3) is 0 Å². The van der Waals surface area contributed by atoms with Crippen LogP contribution in [0, 0.1) is 0 Å². The van der Waals surface area contributed by atoms with Crippen molar-refractivity contribution in [2.24, 2.45) is 0 Å². The average Bonchev–Trinajstić information content (AvgIpc) is 3.08. The summed E-state index contributed by atoms with van der Waals surface area (Å²) < 4.78 is 4.89. The van der Waals surface area contributed by atoms with E-state index in [1.54, 1.807) is 13.1 Å². The van der Waals surface area contributed by atoms with Crippen molar-refractivity contribution in [2.75, 3.05) is 11.9 Å². The Hall–Kier alpha value is -1.89. The van der Waals surface area contributed by atoms with E-state index >= 15 is 0 Å². The van der Waals surface area contributed by atoms with Crippen LogP contribution >= 0.6 is 11.3 Å². The summed E-state index contributed by atoms with van der Waals surface area (Å²) in [6.07, 6.45) is 4.62. The lowest BCUT2D eigenvalue weighted by Gasteiger charge is -2.09. The van der Waals surface area contributed by atoms with Crippen LogP contribution in [0.15, 0.2) is 17.8 Å². The Balaban J connectivity index is 1.84. The number of hydrogen-bond donors (Lipinski definition) is 2. The molecule has 0 bridgehead atoms. The fraction of sp³-hybridized carbons (Fsp3) is 0.462. The van der Waals surface area contributed by atoms with Crippen molar-refractivity contribution in [3.63, 3.8) is 0 Å². The molecular weight excluding hydrogens is 276 g/mol. The molecule has 1 unspecified atom stereocenters. The van der Waals surface area contributed by atoms with E-state index in [-0.39, 0.29) is 12.0 Å². The van der Waals surface area contributed by atoms with E-state index in [0.717, 1.165) is 16.4 Å². The summed E-state index contributed by atoms with van der Waals surface area (Å²) in [5, 5.41) is 12.8. The van der Waals surface area contributed by atoms with Crippen LogP contribution < -0.4 is 5.32 Å². The van der Waals surface area contributed by atoms with Gasteiger partial charge in [0.1, 0.15) is 0 Å². The molecule has 2 N–H and O–H groups in total. The van der Waals surface area contributed by atoms with Gasteiger partial charge in [-0.1, -0.05) is 0 Å². The molecule has 2 rings (SSSR count). The van der Waals surface area contributed by atoms with Crippen molar-refractivity contribution in [1.29, 1.82) is 0 Å². The molecule has 20 heavy (non-hydrogen) atoms.